The van der Waals surface area contributed by atoms with E-state index in [-0.39, 0.29) is 0 Å². The fourth-order valence-electron chi connectivity index (χ4n) is 1.70. The van der Waals surface area contributed by atoms with Crippen molar-refractivity contribution in [3.05, 3.63) is 23.8 Å². The van der Waals surface area contributed by atoms with Gasteiger partial charge < -0.3 is 9.84 Å². The summed E-state index contributed by atoms with van der Waals surface area (Å²) in [5.74, 6) is 1.20. The number of methoxy groups -OCH3 is 1. The minimum Gasteiger partial charge on any atom is -0.508 e. The van der Waals surface area contributed by atoms with Gasteiger partial charge in [-0.05, 0) is 36.6 Å². The Balaban J connectivity index is 2.54. The Kier molecular flexibility index (Phi) is 5.02. The predicted octanol–water partition coefficient (Wildman–Crippen LogP) is 3.52. The average Bonchev–Trinajstić information content (AvgIpc) is 2.25. The zero-order valence-electron chi connectivity index (χ0n) is 9.62. The number of phenolic OH excluding ortho intramolecular Hbond substituents is 1. The van der Waals surface area contributed by atoms with E-state index in [9.17, 15) is 5.11 Å². The minimum atomic E-state index is 0.321. The fourth-order valence-corrected chi connectivity index (χ4v) is 1.70. The molecule has 0 fully saturated rings. The summed E-state index contributed by atoms with van der Waals surface area (Å²) in [5.41, 5.74) is 1.11. The molecule has 2 nitrogen and oxygen atoms in total. The third-order valence-corrected chi connectivity index (χ3v) is 2.56. The van der Waals surface area contributed by atoms with Crippen LogP contribution in [-0.2, 0) is 6.42 Å². The quantitative estimate of drug-likeness (QED) is 0.725. The molecule has 0 saturated heterocycles. The van der Waals surface area contributed by atoms with Crippen molar-refractivity contribution in [2.24, 2.45) is 0 Å². The molecule has 0 atom stereocenters. The lowest BCUT2D eigenvalue weighted by atomic mass is 10.1. The summed E-state index contributed by atoms with van der Waals surface area (Å²) >= 11 is 0. The third kappa shape index (κ3) is 3.82. The van der Waals surface area contributed by atoms with E-state index in [0.717, 1.165) is 24.2 Å². The van der Waals surface area contributed by atoms with E-state index in [2.05, 4.69) is 6.92 Å². The van der Waals surface area contributed by atoms with Crippen LogP contribution in [0.4, 0.5) is 0 Å². The number of aromatic hydroxyl groups is 1. The molecule has 0 aliphatic rings. The summed E-state index contributed by atoms with van der Waals surface area (Å²) in [4.78, 5) is 0. The second-order valence-corrected chi connectivity index (χ2v) is 3.81. The largest absolute Gasteiger partial charge is 0.508 e. The van der Waals surface area contributed by atoms with Crippen LogP contribution in [0.2, 0.25) is 0 Å². The molecular weight excluding hydrogens is 188 g/mol. The molecule has 0 saturated carbocycles. The summed E-state index contributed by atoms with van der Waals surface area (Å²) in [6.45, 7) is 2.20. The number of phenols is 1. The Hall–Kier alpha value is -1.18. The maximum atomic E-state index is 9.38. The Morgan fingerprint density at radius 1 is 1.20 bits per heavy atom. The van der Waals surface area contributed by atoms with Crippen LogP contribution in [0.1, 0.15) is 38.2 Å². The molecule has 1 rings (SSSR count). The molecule has 84 valence electrons. The highest BCUT2D eigenvalue weighted by molar-refractivity contribution is 5.39. The highest BCUT2D eigenvalue weighted by Gasteiger charge is 2.03. The zero-order chi connectivity index (χ0) is 11.1. The molecule has 0 spiro atoms. The molecule has 0 aromatic heterocycles. The fraction of sp³-hybridized carbons (Fsp3) is 0.538. The first-order chi connectivity index (χ1) is 7.27. The Labute approximate surface area is 91.9 Å². The van der Waals surface area contributed by atoms with Crippen molar-refractivity contribution in [3.63, 3.8) is 0 Å². The van der Waals surface area contributed by atoms with E-state index >= 15 is 0 Å². The monoisotopic (exact) mass is 208 g/mol. The van der Waals surface area contributed by atoms with E-state index in [0.29, 0.717) is 5.75 Å². The molecular formula is C13H20O2. The first-order valence-corrected chi connectivity index (χ1v) is 5.63. The van der Waals surface area contributed by atoms with Gasteiger partial charge in [0.05, 0.1) is 7.11 Å². The van der Waals surface area contributed by atoms with Gasteiger partial charge in [-0.3, -0.25) is 0 Å². The highest BCUT2D eigenvalue weighted by Crippen LogP contribution is 2.24. The normalized spacial score (nSPS) is 10.3. The summed E-state index contributed by atoms with van der Waals surface area (Å²) in [7, 11) is 1.67. The maximum absolute atomic E-state index is 9.38. The number of ether oxygens (including phenoxy) is 1. The summed E-state index contributed by atoms with van der Waals surface area (Å²) in [5, 5.41) is 9.38. The van der Waals surface area contributed by atoms with E-state index in [1.165, 1.54) is 19.3 Å². The van der Waals surface area contributed by atoms with Crippen LogP contribution in [0.3, 0.4) is 0 Å². The van der Waals surface area contributed by atoms with E-state index in [1.54, 1.807) is 19.2 Å². The molecule has 0 aliphatic carbocycles. The first kappa shape index (κ1) is 11.9. The highest BCUT2D eigenvalue weighted by atomic mass is 16.5. The van der Waals surface area contributed by atoms with Crippen LogP contribution in [-0.4, -0.2) is 12.2 Å². The second kappa shape index (κ2) is 6.33. The average molecular weight is 208 g/mol. The lowest BCUT2D eigenvalue weighted by Crippen LogP contribution is -1.92. The molecule has 0 aliphatic heterocycles. The van der Waals surface area contributed by atoms with Crippen molar-refractivity contribution >= 4 is 0 Å². The van der Waals surface area contributed by atoms with E-state index in [4.69, 9.17) is 4.74 Å². The minimum absolute atomic E-state index is 0.321. The number of hydrogen-bond donors (Lipinski definition) is 1. The van der Waals surface area contributed by atoms with Crippen molar-refractivity contribution in [2.75, 3.05) is 7.11 Å². The van der Waals surface area contributed by atoms with Gasteiger partial charge in [0.1, 0.15) is 11.5 Å². The molecule has 0 amide bonds. The maximum Gasteiger partial charge on any atom is 0.122 e. The van der Waals surface area contributed by atoms with Crippen molar-refractivity contribution in [3.8, 4) is 11.5 Å². The molecule has 15 heavy (non-hydrogen) atoms. The number of unbranched alkanes of at least 4 members (excludes halogenated alkanes) is 3. The van der Waals surface area contributed by atoms with Gasteiger partial charge in [-0.2, -0.15) is 0 Å². The molecule has 1 aromatic rings. The van der Waals surface area contributed by atoms with Gasteiger partial charge in [0, 0.05) is 0 Å². The van der Waals surface area contributed by atoms with Gasteiger partial charge in [0.25, 0.3) is 0 Å². The lowest BCUT2D eigenvalue weighted by Gasteiger charge is -2.08. The molecule has 2 heteroatoms. The number of rotatable bonds is 6. The number of benzene rings is 1. The van der Waals surface area contributed by atoms with Crippen LogP contribution >= 0.6 is 0 Å². The smallest absolute Gasteiger partial charge is 0.122 e. The molecule has 0 unspecified atom stereocenters. The Morgan fingerprint density at radius 3 is 2.67 bits per heavy atom. The van der Waals surface area contributed by atoms with Gasteiger partial charge >= 0.3 is 0 Å². The lowest BCUT2D eigenvalue weighted by molar-refractivity contribution is 0.406. The first-order valence-electron chi connectivity index (χ1n) is 5.63. The third-order valence-electron chi connectivity index (χ3n) is 2.56. The van der Waals surface area contributed by atoms with Crippen LogP contribution < -0.4 is 4.74 Å². The molecule has 1 N–H and O–H groups in total. The van der Waals surface area contributed by atoms with Crippen LogP contribution in [0, 0.1) is 0 Å². The van der Waals surface area contributed by atoms with Gasteiger partial charge in [0.15, 0.2) is 0 Å². The van der Waals surface area contributed by atoms with E-state index in [1.807, 2.05) is 6.07 Å². The zero-order valence-corrected chi connectivity index (χ0v) is 9.62. The molecule has 0 bridgehead atoms. The van der Waals surface area contributed by atoms with Crippen molar-refractivity contribution in [1.29, 1.82) is 0 Å². The number of aryl methyl sites for hydroxylation is 1. The molecule has 0 heterocycles. The number of hydrogen-bond acceptors (Lipinski definition) is 2. The van der Waals surface area contributed by atoms with Crippen molar-refractivity contribution < 1.29 is 9.84 Å². The van der Waals surface area contributed by atoms with Crippen molar-refractivity contribution in [1.82, 2.24) is 0 Å². The summed E-state index contributed by atoms with van der Waals surface area (Å²) < 4.78 is 5.25. The molecule has 0 radical (unpaired) electrons. The van der Waals surface area contributed by atoms with Crippen LogP contribution in [0.5, 0.6) is 11.5 Å². The standard InChI is InChI=1S/C13H20O2/c1-3-4-5-6-7-11-10-12(14)8-9-13(11)15-2/h8-10,14H,3-7H2,1-2H3. The topological polar surface area (TPSA) is 29.5 Å². The predicted molar refractivity (Wildman–Crippen MR) is 62.5 cm³/mol. The van der Waals surface area contributed by atoms with Crippen molar-refractivity contribution in [2.45, 2.75) is 39.0 Å². The van der Waals surface area contributed by atoms with Crippen LogP contribution in [0.15, 0.2) is 18.2 Å². The molecule has 1 aromatic carbocycles. The van der Waals surface area contributed by atoms with Gasteiger partial charge in [-0.25, -0.2) is 0 Å². The summed E-state index contributed by atoms with van der Waals surface area (Å²) in [6.07, 6.45) is 5.92. The van der Waals surface area contributed by atoms with E-state index < -0.39 is 0 Å². The summed E-state index contributed by atoms with van der Waals surface area (Å²) in [6, 6.07) is 5.28. The van der Waals surface area contributed by atoms with Gasteiger partial charge in [0.2, 0.25) is 0 Å². The van der Waals surface area contributed by atoms with Crippen LogP contribution in [0.25, 0.3) is 0 Å². The Morgan fingerprint density at radius 2 is 2.00 bits per heavy atom. The Bertz CT molecular complexity index is 295. The SMILES string of the molecule is CCCCCCc1cc(O)ccc1OC. The van der Waals surface area contributed by atoms with Gasteiger partial charge in [-0.1, -0.05) is 26.2 Å². The van der Waals surface area contributed by atoms with Gasteiger partial charge in [-0.15, -0.1) is 0 Å². The second-order valence-electron chi connectivity index (χ2n) is 3.81.